The van der Waals surface area contributed by atoms with Crippen LogP contribution in [0.4, 0.5) is 5.69 Å². The van der Waals surface area contributed by atoms with Crippen LogP contribution in [0.25, 0.3) is 0 Å². The van der Waals surface area contributed by atoms with Gasteiger partial charge in [-0.25, -0.2) is 4.79 Å². The quantitative estimate of drug-likeness (QED) is 0.829. The molecule has 2 fully saturated rings. The molecule has 3 unspecified atom stereocenters. The SMILES string of the molecule is O=C(O)c1cnccc1NC1CC2CCC1O2. The molecular formula is C12H14N2O3. The summed E-state index contributed by atoms with van der Waals surface area (Å²) in [4.78, 5) is 14.9. The van der Waals surface area contributed by atoms with Gasteiger partial charge in [0.2, 0.25) is 0 Å². The normalized spacial score (nSPS) is 30.5. The number of pyridine rings is 1. The van der Waals surface area contributed by atoms with Crippen LogP contribution in [0.15, 0.2) is 18.5 Å². The van der Waals surface area contributed by atoms with Crippen molar-refractivity contribution in [1.82, 2.24) is 4.98 Å². The molecule has 0 radical (unpaired) electrons. The lowest BCUT2D eigenvalue weighted by Crippen LogP contribution is -2.31. The highest BCUT2D eigenvalue weighted by Gasteiger charge is 2.40. The first-order valence-electron chi connectivity index (χ1n) is 5.83. The number of nitrogens with zero attached hydrogens (tertiary/aromatic N) is 1. The van der Waals surface area contributed by atoms with Crippen LogP contribution in [0.1, 0.15) is 29.6 Å². The van der Waals surface area contributed by atoms with Crippen LogP contribution in [0, 0.1) is 0 Å². The number of anilines is 1. The first-order valence-corrected chi connectivity index (χ1v) is 5.83. The van der Waals surface area contributed by atoms with Crippen LogP contribution in [0.2, 0.25) is 0 Å². The predicted octanol–water partition coefficient (Wildman–Crippen LogP) is 1.51. The van der Waals surface area contributed by atoms with E-state index >= 15 is 0 Å². The number of aromatic carboxylic acids is 1. The van der Waals surface area contributed by atoms with E-state index in [0.717, 1.165) is 19.3 Å². The number of aromatic nitrogens is 1. The fourth-order valence-electron chi connectivity index (χ4n) is 2.68. The Morgan fingerprint density at radius 1 is 1.53 bits per heavy atom. The van der Waals surface area contributed by atoms with Gasteiger partial charge in [-0.05, 0) is 25.3 Å². The highest BCUT2D eigenvalue weighted by Crippen LogP contribution is 2.36. The molecule has 2 N–H and O–H groups in total. The zero-order valence-electron chi connectivity index (χ0n) is 9.30. The molecule has 2 saturated heterocycles. The van der Waals surface area contributed by atoms with E-state index in [2.05, 4.69) is 10.3 Å². The molecule has 3 atom stereocenters. The number of carboxylic acid groups (broad SMARTS) is 1. The molecular weight excluding hydrogens is 220 g/mol. The highest BCUT2D eigenvalue weighted by molar-refractivity contribution is 5.93. The summed E-state index contributed by atoms with van der Waals surface area (Å²) in [6, 6.07) is 1.93. The maximum absolute atomic E-state index is 11.0. The second-order valence-corrected chi connectivity index (χ2v) is 4.59. The summed E-state index contributed by atoms with van der Waals surface area (Å²) in [6.45, 7) is 0. The fourth-order valence-corrected chi connectivity index (χ4v) is 2.68. The number of carboxylic acids is 1. The molecule has 0 saturated carbocycles. The molecule has 3 rings (SSSR count). The number of fused-ring (bicyclic) bond motifs is 2. The first-order chi connectivity index (χ1) is 8.24. The monoisotopic (exact) mass is 234 g/mol. The molecule has 0 spiro atoms. The topological polar surface area (TPSA) is 71.5 Å². The van der Waals surface area contributed by atoms with Crippen LogP contribution < -0.4 is 5.32 Å². The number of rotatable bonds is 3. The van der Waals surface area contributed by atoms with Crippen molar-refractivity contribution in [2.24, 2.45) is 0 Å². The average molecular weight is 234 g/mol. The van der Waals surface area contributed by atoms with Gasteiger partial charge in [-0.1, -0.05) is 0 Å². The maximum atomic E-state index is 11.0. The van der Waals surface area contributed by atoms with Crippen LogP contribution in [-0.2, 0) is 4.74 Å². The van der Waals surface area contributed by atoms with Gasteiger partial charge in [0, 0.05) is 12.4 Å². The first kappa shape index (κ1) is 10.5. The molecule has 2 bridgehead atoms. The van der Waals surface area contributed by atoms with Gasteiger partial charge in [0.1, 0.15) is 5.56 Å². The van der Waals surface area contributed by atoms with E-state index in [-0.39, 0.29) is 17.7 Å². The highest BCUT2D eigenvalue weighted by atomic mass is 16.5. The standard InChI is InChI=1S/C12H14N2O3/c15-12(16)8-6-13-4-3-9(8)14-10-5-7-1-2-11(10)17-7/h3-4,6-7,10-11H,1-2,5H2,(H,13,14)(H,15,16). The summed E-state index contributed by atoms with van der Waals surface area (Å²) in [6.07, 6.45) is 6.72. The number of ether oxygens (including phenoxy) is 1. The predicted molar refractivity (Wildman–Crippen MR) is 61.1 cm³/mol. The molecule has 3 heterocycles. The minimum atomic E-state index is -0.954. The summed E-state index contributed by atoms with van der Waals surface area (Å²) in [7, 11) is 0. The van der Waals surface area contributed by atoms with Gasteiger partial charge < -0.3 is 15.2 Å². The minimum absolute atomic E-state index is 0.218. The Morgan fingerprint density at radius 2 is 2.41 bits per heavy atom. The molecule has 5 nitrogen and oxygen atoms in total. The maximum Gasteiger partial charge on any atom is 0.339 e. The molecule has 17 heavy (non-hydrogen) atoms. The van der Waals surface area contributed by atoms with Gasteiger partial charge in [-0.2, -0.15) is 0 Å². The Balaban J connectivity index is 1.79. The van der Waals surface area contributed by atoms with Crippen molar-refractivity contribution in [2.75, 3.05) is 5.32 Å². The van der Waals surface area contributed by atoms with E-state index in [0.29, 0.717) is 11.8 Å². The van der Waals surface area contributed by atoms with Crippen molar-refractivity contribution in [1.29, 1.82) is 0 Å². The molecule has 5 heteroatoms. The number of carbonyl (C=O) groups is 1. The van der Waals surface area contributed by atoms with E-state index in [1.165, 1.54) is 6.20 Å². The lowest BCUT2D eigenvalue weighted by molar-refractivity contribution is 0.0697. The van der Waals surface area contributed by atoms with Crippen LogP contribution >= 0.6 is 0 Å². The number of hydrogen-bond donors (Lipinski definition) is 2. The Kier molecular flexibility index (Phi) is 2.48. The molecule has 1 aromatic heterocycles. The smallest absolute Gasteiger partial charge is 0.339 e. The number of nitrogens with one attached hydrogen (secondary N) is 1. The fraction of sp³-hybridized carbons (Fsp3) is 0.500. The van der Waals surface area contributed by atoms with E-state index in [1.807, 2.05) is 0 Å². The largest absolute Gasteiger partial charge is 0.478 e. The lowest BCUT2D eigenvalue weighted by Gasteiger charge is -2.21. The third kappa shape index (κ3) is 1.86. The van der Waals surface area contributed by atoms with Crippen molar-refractivity contribution in [3.05, 3.63) is 24.0 Å². The Morgan fingerprint density at radius 3 is 3.06 bits per heavy atom. The molecule has 0 aliphatic carbocycles. The Bertz CT molecular complexity index is 449. The van der Waals surface area contributed by atoms with Crippen LogP contribution in [0.3, 0.4) is 0 Å². The molecule has 2 aliphatic heterocycles. The zero-order valence-corrected chi connectivity index (χ0v) is 9.30. The summed E-state index contributed by atoms with van der Waals surface area (Å²) in [5.41, 5.74) is 0.851. The van der Waals surface area contributed by atoms with E-state index in [9.17, 15) is 4.79 Å². The van der Waals surface area contributed by atoms with Gasteiger partial charge in [-0.3, -0.25) is 4.98 Å². The second-order valence-electron chi connectivity index (χ2n) is 4.59. The van der Waals surface area contributed by atoms with E-state index in [1.54, 1.807) is 12.3 Å². The molecule has 0 aromatic carbocycles. The molecule has 2 aliphatic rings. The molecule has 90 valence electrons. The van der Waals surface area contributed by atoms with Crippen molar-refractivity contribution < 1.29 is 14.6 Å². The molecule has 0 amide bonds. The van der Waals surface area contributed by atoms with Crippen LogP contribution in [0.5, 0.6) is 0 Å². The number of hydrogen-bond acceptors (Lipinski definition) is 4. The summed E-state index contributed by atoms with van der Waals surface area (Å²) in [5.74, 6) is -0.954. The van der Waals surface area contributed by atoms with Gasteiger partial charge >= 0.3 is 5.97 Å². The summed E-state index contributed by atoms with van der Waals surface area (Å²) < 4.78 is 5.73. The summed E-state index contributed by atoms with van der Waals surface area (Å²) in [5, 5.41) is 12.3. The summed E-state index contributed by atoms with van der Waals surface area (Å²) >= 11 is 0. The van der Waals surface area contributed by atoms with E-state index < -0.39 is 5.97 Å². The Labute approximate surface area is 98.8 Å². The third-order valence-corrected chi connectivity index (χ3v) is 3.50. The van der Waals surface area contributed by atoms with Crippen molar-refractivity contribution >= 4 is 11.7 Å². The van der Waals surface area contributed by atoms with Crippen molar-refractivity contribution in [3.8, 4) is 0 Å². The van der Waals surface area contributed by atoms with Crippen LogP contribution in [-0.4, -0.2) is 34.3 Å². The van der Waals surface area contributed by atoms with Gasteiger partial charge in [0.05, 0.1) is 23.9 Å². The van der Waals surface area contributed by atoms with Crippen molar-refractivity contribution in [3.63, 3.8) is 0 Å². The van der Waals surface area contributed by atoms with Crippen molar-refractivity contribution in [2.45, 2.75) is 37.5 Å². The Hall–Kier alpha value is -1.62. The van der Waals surface area contributed by atoms with Gasteiger partial charge in [0.15, 0.2) is 0 Å². The zero-order chi connectivity index (χ0) is 11.8. The van der Waals surface area contributed by atoms with Gasteiger partial charge in [0.25, 0.3) is 0 Å². The molecule has 1 aromatic rings. The minimum Gasteiger partial charge on any atom is -0.478 e. The van der Waals surface area contributed by atoms with E-state index in [4.69, 9.17) is 9.84 Å². The lowest BCUT2D eigenvalue weighted by atomic mass is 9.95. The van der Waals surface area contributed by atoms with Gasteiger partial charge in [-0.15, -0.1) is 0 Å². The average Bonchev–Trinajstić information content (AvgIpc) is 2.91. The second kappa shape index (κ2) is 4.00. The third-order valence-electron chi connectivity index (χ3n) is 3.50.